The molecule has 0 unspecified atom stereocenters. The molecule has 3 rings (SSSR count). The fraction of sp³-hybridized carbons (Fsp3) is 0. The van der Waals surface area contributed by atoms with Gasteiger partial charge in [-0.2, -0.15) is 0 Å². The zero-order valence-electron chi connectivity index (χ0n) is 11.0. The second-order valence-corrected chi connectivity index (χ2v) is 3.38. The van der Waals surface area contributed by atoms with Gasteiger partial charge in [0.1, 0.15) is 11.2 Å². The first-order valence-corrected chi connectivity index (χ1v) is 4.46. The van der Waals surface area contributed by atoms with Crippen LogP contribution in [-0.2, 0) is 0 Å². The minimum absolute atomic E-state index is 0.105. The van der Waals surface area contributed by atoms with Crippen LogP contribution in [0.5, 0.6) is 0 Å². The van der Waals surface area contributed by atoms with E-state index in [1.165, 1.54) is 0 Å². The molecule has 2 aromatic carbocycles. The van der Waals surface area contributed by atoms with Crippen molar-refractivity contribution in [2.75, 3.05) is 0 Å². The molecule has 0 radical (unpaired) electrons. The fourth-order valence-corrected chi connectivity index (χ4v) is 1.64. The number of rotatable bonds is 0. The van der Waals surface area contributed by atoms with Gasteiger partial charge in [0.2, 0.25) is 0 Å². The predicted octanol–water partition coefficient (Wildman–Crippen LogP) is 4.24. The van der Waals surface area contributed by atoms with Crippen LogP contribution in [0.1, 0.15) is 5.48 Å². The maximum atomic E-state index is 7.90. The van der Waals surface area contributed by atoms with Crippen LogP contribution in [0.2, 0.25) is 5.02 Å². The summed E-state index contributed by atoms with van der Waals surface area (Å²) in [5, 5.41) is 1.47. The Morgan fingerprint density at radius 1 is 1.07 bits per heavy atom. The molecule has 1 nitrogen and oxygen atoms in total. The van der Waals surface area contributed by atoms with E-state index in [0.29, 0.717) is 21.4 Å². The highest BCUT2D eigenvalue weighted by atomic mass is 35.5. The standard InChI is InChI=1S/C12H7ClO/c13-8-5-6-12-10(7-8)9-3-1-2-4-11(9)14-12/h1-7H/i1D,2D,3D,4D. The molecule has 0 saturated heterocycles. The Kier molecular flexibility index (Phi) is 0.956. The van der Waals surface area contributed by atoms with Crippen LogP contribution in [-0.4, -0.2) is 0 Å². The maximum absolute atomic E-state index is 7.90. The lowest BCUT2D eigenvalue weighted by Gasteiger charge is -1.89. The van der Waals surface area contributed by atoms with Crippen molar-refractivity contribution in [3.63, 3.8) is 0 Å². The maximum Gasteiger partial charge on any atom is 0.135 e. The van der Waals surface area contributed by atoms with Gasteiger partial charge >= 0.3 is 0 Å². The van der Waals surface area contributed by atoms with E-state index in [4.69, 9.17) is 21.5 Å². The fourth-order valence-electron chi connectivity index (χ4n) is 1.46. The Hall–Kier alpha value is -1.47. The number of hydrogen-bond donors (Lipinski definition) is 0. The van der Waals surface area contributed by atoms with Gasteiger partial charge in [0.15, 0.2) is 0 Å². The summed E-state index contributed by atoms with van der Waals surface area (Å²) in [4.78, 5) is 0. The molecule has 3 aromatic rings. The predicted molar refractivity (Wildman–Crippen MR) is 58.7 cm³/mol. The molecule has 1 heterocycles. The van der Waals surface area contributed by atoms with Crippen LogP contribution in [0.4, 0.5) is 0 Å². The van der Waals surface area contributed by atoms with Crippen LogP contribution in [0.3, 0.4) is 0 Å². The molecule has 0 atom stereocenters. The highest BCUT2D eigenvalue weighted by Crippen LogP contribution is 2.30. The summed E-state index contributed by atoms with van der Waals surface area (Å²) in [5.74, 6) is 0. The number of furan rings is 1. The van der Waals surface area contributed by atoms with Gasteiger partial charge in [0, 0.05) is 15.8 Å². The Morgan fingerprint density at radius 2 is 1.93 bits per heavy atom. The Bertz CT molecular complexity index is 794. The third kappa shape index (κ3) is 1.03. The van der Waals surface area contributed by atoms with Gasteiger partial charge in [-0.25, -0.2) is 0 Å². The first-order chi connectivity index (χ1) is 8.50. The number of fused-ring (bicyclic) bond motifs is 3. The van der Waals surface area contributed by atoms with Gasteiger partial charge < -0.3 is 4.42 Å². The summed E-state index contributed by atoms with van der Waals surface area (Å²) in [6.07, 6.45) is 0. The summed E-state index contributed by atoms with van der Waals surface area (Å²) in [7, 11) is 0. The van der Waals surface area contributed by atoms with Gasteiger partial charge in [0.05, 0.1) is 5.48 Å². The van der Waals surface area contributed by atoms with Gasteiger partial charge in [-0.05, 0) is 24.2 Å². The number of halogens is 1. The van der Waals surface area contributed by atoms with E-state index >= 15 is 0 Å². The van der Waals surface area contributed by atoms with Crippen molar-refractivity contribution in [2.24, 2.45) is 0 Å². The molecule has 1 aromatic heterocycles. The normalized spacial score (nSPS) is 15.2. The molecule has 2 heteroatoms. The average Bonchev–Trinajstić information content (AvgIpc) is 2.72. The van der Waals surface area contributed by atoms with Crippen LogP contribution < -0.4 is 0 Å². The Labute approximate surface area is 91.5 Å². The van der Waals surface area contributed by atoms with Crippen LogP contribution in [0.15, 0.2) is 46.8 Å². The second-order valence-electron chi connectivity index (χ2n) is 2.95. The third-order valence-electron chi connectivity index (χ3n) is 2.08. The molecule has 0 aliphatic heterocycles. The Morgan fingerprint density at radius 3 is 2.86 bits per heavy atom. The summed E-state index contributed by atoms with van der Waals surface area (Å²) >= 11 is 5.91. The summed E-state index contributed by atoms with van der Waals surface area (Å²) in [5.41, 5.74) is 0.666. The van der Waals surface area contributed by atoms with E-state index in [1.807, 2.05) is 0 Å². The Balaban J connectivity index is 2.64. The zero-order chi connectivity index (χ0) is 13.0. The highest BCUT2D eigenvalue weighted by molar-refractivity contribution is 6.31. The lowest BCUT2D eigenvalue weighted by atomic mass is 10.2. The molecule has 0 aliphatic carbocycles. The van der Waals surface area contributed by atoms with Crippen molar-refractivity contribution < 1.29 is 9.90 Å². The van der Waals surface area contributed by atoms with E-state index < -0.39 is 0 Å². The lowest BCUT2D eigenvalue weighted by Crippen LogP contribution is -1.65. The van der Waals surface area contributed by atoms with Crippen molar-refractivity contribution >= 4 is 33.5 Å². The SMILES string of the molecule is [2H]c1c([2H])c([2H])c2c(oc3ccc(Cl)cc32)c1[2H]. The van der Waals surface area contributed by atoms with Gasteiger partial charge in [-0.3, -0.25) is 0 Å². The molecular weight excluding hydrogens is 196 g/mol. The minimum atomic E-state index is -0.294. The van der Waals surface area contributed by atoms with E-state index in [1.54, 1.807) is 18.2 Å². The lowest BCUT2D eigenvalue weighted by molar-refractivity contribution is 0.669. The molecule has 68 valence electrons. The van der Waals surface area contributed by atoms with E-state index in [-0.39, 0.29) is 29.8 Å². The van der Waals surface area contributed by atoms with Crippen molar-refractivity contribution in [3.05, 3.63) is 47.4 Å². The number of para-hydroxylation sites is 1. The summed E-state index contributed by atoms with van der Waals surface area (Å²) in [6.45, 7) is 0. The van der Waals surface area contributed by atoms with Crippen molar-refractivity contribution in [1.82, 2.24) is 0 Å². The third-order valence-corrected chi connectivity index (χ3v) is 2.31. The molecule has 0 saturated carbocycles. The molecule has 14 heavy (non-hydrogen) atoms. The van der Waals surface area contributed by atoms with Gasteiger partial charge in [-0.15, -0.1) is 0 Å². The van der Waals surface area contributed by atoms with Crippen LogP contribution >= 0.6 is 11.6 Å². The second kappa shape index (κ2) is 2.76. The van der Waals surface area contributed by atoms with Crippen LogP contribution in [0, 0.1) is 0 Å². The van der Waals surface area contributed by atoms with Crippen LogP contribution in [0.25, 0.3) is 21.9 Å². The first-order valence-electron chi connectivity index (χ1n) is 6.09. The molecule has 0 aliphatic rings. The van der Waals surface area contributed by atoms with Crippen molar-refractivity contribution in [2.45, 2.75) is 0 Å². The number of benzene rings is 2. The largest absolute Gasteiger partial charge is 0.456 e. The monoisotopic (exact) mass is 206 g/mol. The minimum Gasteiger partial charge on any atom is -0.456 e. The smallest absolute Gasteiger partial charge is 0.135 e. The van der Waals surface area contributed by atoms with E-state index in [9.17, 15) is 0 Å². The summed E-state index contributed by atoms with van der Waals surface area (Å²) in [6, 6.07) is 4.12. The van der Waals surface area contributed by atoms with Gasteiger partial charge in [0.25, 0.3) is 0 Å². The first kappa shape index (κ1) is 4.85. The number of hydrogen-bond acceptors (Lipinski definition) is 1. The molecule has 0 fully saturated rings. The zero-order valence-corrected chi connectivity index (χ0v) is 7.77. The van der Waals surface area contributed by atoms with E-state index in [0.717, 1.165) is 0 Å². The quantitative estimate of drug-likeness (QED) is 0.536. The summed E-state index contributed by atoms with van der Waals surface area (Å²) < 4.78 is 36.4. The molecule has 0 bridgehead atoms. The average molecular weight is 207 g/mol. The topological polar surface area (TPSA) is 13.1 Å². The van der Waals surface area contributed by atoms with Crippen molar-refractivity contribution in [1.29, 1.82) is 0 Å². The van der Waals surface area contributed by atoms with E-state index in [2.05, 4.69) is 0 Å². The van der Waals surface area contributed by atoms with Crippen molar-refractivity contribution in [3.8, 4) is 0 Å². The highest BCUT2D eigenvalue weighted by Gasteiger charge is 2.05. The molecule has 0 amide bonds. The molecule has 0 spiro atoms. The van der Waals surface area contributed by atoms with Gasteiger partial charge in [-0.1, -0.05) is 29.7 Å². The molecule has 0 N–H and O–H groups in total. The molecular formula is C12H7ClO.